The standard InChI is InChI=1S/C15H21BrN2O3/c1-2-6-18-9-11(16)7-12(18)14(21)17-10-15(4-3-5-15)8-13(19)20/h7,9H,2-6,8,10H2,1H3,(H,17,21)(H,19,20). The lowest BCUT2D eigenvalue weighted by Gasteiger charge is -2.40. The molecule has 0 bridgehead atoms. The summed E-state index contributed by atoms with van der Waals surface area (Å²) < 4.78 is 2.80. The molecular weight excluding hydrogens is 336 g/mol. The zero-order chi connectivity index (χ0) is 15.5. The van der Waals surface area contributed by atoms with Crippen LogP contribution in [-0.4, -0.2) is 28.1 Å². The Kier molecular flexibility index (Phi) is 5.08. The first kappa shape index (κ1) is 16.1. The van der Waals surface area contributed by atoms with Crippen molar-refractivity contribution >= 4 is 27.8 Å². The van der Waals surface area contributed by atoms with Crippen molar-refractivity contribution in [2.24, 2.45) is 5.41 Å². The van der Waals surface area contributed by atoms with E-state index >= 15 is 0 Å². The Morgan fingerprint density at radius 1 is 1.48 bits per heavy atom. The zero-order valence-corrected chi connectivity index (χ0v) is 13.8. The van der Waals surface area contributed by atoms with Gasteiger partial charge in [-0.05, 0) is 46.7 Å². The van der Waals surface area contributed by atoms with Crippen molar-refractivity contribution in [3.8, 4) is 0 Å². The van der Waals surface area contributed by atoms with Crippen LogP contribution in [0.3, 0.4) is 0 Å². The fourth-order valence-corrected chi connectivity index (χ4v) is 3.33. The molecule has 21 heavy (non-hydrogen) atoms. The van der Waals surface area contributed by atoms with Crippen molar-refractivity contribution in [2.45, 2.75) is 45.6 Å². The molecule has 116 valence electrons. The largest absolute Gasteiger partial charge is 0.481 e. The summed E-state index contributed by atoms with van der Waals surface area (Å²) in [5.41, 5.74) is 0.370. The summed E-state index contributed by atoms with van der Waals surface area (Å²) >= 11 is 3.39. The molecule has 0 unspecified atom stereocenters. The highest BCUT2D eigenvalue weighted by Crippen LogP contribution is 2.43. The minimum atomic E-state index is -0.791. The number of carboxylic acids is 1. The quantitative estimate of drug-likeness (QED) is 0.788. The van der Waals surface area contributed by atoms with E-state index in [1.807, 2.05) is 10.8 Å². The molecule has 1 heterocycles. The van der Waals surface area contributed by atoms with Crippen LogP contribution in [0, 0.1) is 5.41 Å². The van der Waals surface area contributed by atoms with Crippen LogP contribution in [0.25, 0.3) is 0 Å². The highest BCUT2D eigenvalue weighted by atomic mass is 79.9. The summed E-state index contributed by atoms with van der Waals surface area (Å²) in [6.07, 6.45) is 5.77. The molecule has 1 aliphatic carbocycles. The van der Waals surface area contributed by atoms with Crippen LogP contribution in [0.4, 0.5) is 0 Å². The third-order valence-corrected chi connectivity index (χ3v) is 4.56. The summed E-state index contributed by atoms with van der Waals surface area (Å²) in [5.74, 6) is -0.924. The summed E-state index contributed by atoms with van der Waals surface area (Å²) in [6, 6.07) is 1.80. The molecule has 1 aliphatic rings. The molecule has 0 saturated heterocycles. The number of aromatic nitrogens is 1. The lowest BCUT2D eigenvalue weighted by atomic mass is 9.66. The molecule has 0 atom stereocenters. The number of hydrogen-bond acceptors (Lipinski definition) is 2. The highest BCUT2D eigenvalue weighted by Gasteiger charge is 2.39. The first-order chi connectivity index (χ1) is 9.96. The van der Waals surface area contributed by atoms with Crippen LogP contribution < -0.4 is 5.32 Å². The van der Waals surface area contributed by atoms with E-state index in [-0.39, 0.29) is 17.7 Å². The molecule has 1 saturated carbocycles. The van der Waals surface area contributed by atoms with Gasteiger partial charge in [-0.25, -0.2) is 0 Å². The minimum Gasteiger partial charge on any atom is -0.481 e. The van der Waals surface area contributed by atoms with E-state index in [9.17, 15) is 9.59 Å². The molecule has 5 nitrogen and oxygen atoms in total. The molecule has 0 radical (unpaired) electrons. The predicted octanol–water partition coefficient (Wildman–Crippen LogP) is 3.04. The second-order valence-electron chi connectivity index (χ2n) is 5.84. The van der Waals surface area contributed by atoms with Gasteiger partial charge in [0.1, 0.15) is 5.69 Å². The maximum atomic E-state index is 12.3. The molecule has 1 fully saturated rings. The number of carbonyl (C=O) groups excluding carboxylic acids is 1. The lowest BCUT2D eigenvalue weighted by Crippen LogP contribution is -2.43. The van der Waals surface area contributed by atoms with E-state index in [0.29, 0.717) is 12.2 Å². The third-order valence-electron chi connectivity index (χ3n) is 4.12. The van der Waals surface area contributed by atoms with Crippen LogP contribution in [-0.2, 0) is 11.3 Å². The molecule has 1 aromatic rings. The summed E-state index contributed by atoms with van der Waals surface area (Å²) in [5, 5.41) is 11.9. The highest BCUT2D eigenvalue weighted by molar-refractivity contribution is 9.10. The Morgan fingerprint density at radius 2 is 2.19 bits per heavy atom. The average molecular weight is 357 g/mol. The van der Waals surface area contributed by atoms with E-state index in [1.165, 1.54) is 0 Å². The Labute approximate surface area is 132 Å². The number of carboxylic acid groups (broad SMARTS) is 1. The zero-order valence-electron chi connectivity index (χ0n) is 12.2. The number of rotatable bonds is 7. The van der Waals surface area contributed by atoms with Gasteiger partial charge >= 0.3 is 5.97 Å². The van der Waals surface area contributed by atoms with Crippen LogP contribution in [0.1, 0.15) is 49.5 Å². The molecule has 1 aromatic heterocycles. The average Bonchev–Trinajstić information content (AvgIpc) is 2.73. The van der Waals surface area contributed by atoms with Gasteiger partial charge in [0.15, 0.2) is 0 Å². The second-order valence-corrected chi connectivity index (χ2v) is 6.76. The fourth-order valence-electron chi connectivity index (χ4n) is 2.86. The van der Waals surface area contributed by atoms with Crippen molar-refractivity contribution in [2.75, 3.05) is 6.54 Å². The van der Waals surface area contributed by atoms with Crippen LogP contribution in [0.15, 0.2) is 16.7 Å². The van der Waals surface area contributed by atoms with Gasteiger partial charge in [0.05, 0.1) is 6.42 Å². The van der Waals surface area contributed by atoms with E-state index in [0.717, 1.165) is 36.7 Å². The van der Waals surface area contributed by atoms with Gasteiger partial charge in [0.25, 0.3) is 5.91 Å². The van der Waals surface area contributed by atoms with Crippen LogP contribution in [0.5, 0.6) is 0 Å². The van der Waals surface area contributed by atoms with E-state index in [2.05, 4.69) is 28.2 Å². The number of hydrogen-bond donors (Lipinski definition) is 2. The molecule has 0 aromatic carbocycles. The Bertz CT molecular complexity index is 535. The first-order valence-electron chi connectivity index (χ1n) is 7.31. The molecule has 2 rings (SSSR count). The number of halogens is 1. The summed E-state index contributed by atoms with van der Waals surface area (Å²) in [7, 11) is 0. The Morgan fingerprint density at radius 3 is 2.71 bits per heavy atom. The topological polar surface area (TPSA) is 71.3 Å². The normalized spacial score (nSPS) is 16.3. The van der Waals surface area contributed by atoms with Crippen molar-refractivity contribution in [3.63, 3.8) is 0 Å². The molecule has 0 aliphatic heterocycles. The van der Waals surface area contributed by atoms with Gasteiger partial charge in [-0.2, -0.15) is 0 Å². The van der Waals surface area contributed by atoms with Gasteiger partial charge in [-0.1, -0.05) is 13.3 Å². The smallest absolute Gasteiger partial charge is 0.303 e. The van der Waals surface area contributed by atoms with E-state index in [1.54, 1.807) is 6.07 Å². The summed E-state index contributed by atoms with van der Waals surface area (Å²) in [4.78, 5) is 23.3. The van der Waals surface area contributed by atoms with Crippen molar-refractivity contribution < 1.29 is 14.7 Å². The van der Waals surface area contributed by atoms with Crippen molar-refractivity contribution in [1.82, 2.24) is 9.88 Å². The second kappa shape index (κ2) is 6.64. The van der Waals surface area contributed by atoms with Crippen molar-refractivity contribution in [1.29, 1.82) is 0 Å². The minimum absolute atomic E-state index is 0.132. The summed E-state index contributed by atoms with van der Waals surface area (Å²) in [6.45, 7) is 3.29. The van der Waals surface area contributed by atoms with Gasteiger partial charge in [-0.15, -0.1) is 0 Å². The molecule has 0 spiro atoms. The predicted molar refractivity (Wildman–Crippen MR) is 83.3 cm³/mol. The lowest BCUT2D eigenvalue weighted by molar-refractivity contribution is -0.141. The SMILES string of the molecule is CCCn1cc(Br)cc1C(=O)NCC1(CC(=O)O)CCC1. The number of nitrogens with zero attached hydrogens (tertiary/aromatic N) is 1. The third kappa shape index (κ3) is 3.87. The van der Waals surface area contributed by atoms with Gasteiger partial charge in [0.2, 0.25) is 0 Å². The first-order valence-corrected chi connectivity index (χ1v) is 8.11. The van der Waals surface area contributed by atoms with Gasteiger partial charge in [0, 0.05) is 23.8 Å². The molecular formula is C15H21BrN2O3. The van der Waals surface area contributed by atoms with E-state index < -0.39 is 5.97 Å². The number of amides is 1. The maximum Gasteiger partial charge on any atom is 0.303 e. The Balaban J connectivity index is 1.99. The van der Waals surface area contributed by atoms with Crippen LogP contribution in [0.2, 0.25) is 0 Å². The number of carbonyl (C=O) groups is 2. The number of aliphatic carboxylic acids is 1. The fraction of sp³-hybridized carbons (Fsp3) is 0.600. The van der Waals surface area contributed by atoms with Gasteiger partial charge in [-0.3, -0.25) is 9.59 Å². The molecule has 2 N–H and O–H groups in total. The maximum absolute atomic E-state index is 12.3. The van der Waals surface area contributed by atoms with Crippen LogP contribution >= 0.6 is 15.9 Å². The molecule has 6 heteroatoms. The van der Waals surface area contributed by atoms with E-state index in [4.69, 9.17) is 5.11 Å². The number of nitrogens with one attached hydrogen (secondary N) is 1. The molecule has 1 amide bonds. The number of aryl methyl sites for hydroxylation is 1. The monoisotopic (exact) mass is 356 g/mol. The Hall–Kier alpha value is -1.30. The van der Waals surface area contributed by atoms with Crippen molar-refractivity contribution in [3.05, 3.63) is 22.4 Å². The van der Waals surface area contributed by atoms with Gasteiger partial charge < -0.3 is 15.0 Å².